The fourth-order valence-electron chi connectivity index (χ4n) is 0.529. The first-order valence-corrected chi connectivity index (χ1v) is 4.58. The van der Waals surface area contributed by atoms with E-state index in [1.807, 2.05) is 0 Å². The molecule has 18 heavy (non-hydrogen) atoms. The van der Waals surface area contributed by atoms with E-state index in [0.29, 0.717) is 0 Å². The molecule has 0 aliphatic rings. The van der Waals surface area contributed by atoms with Crippen molar-refractivity contribution < 1.29 is 50.4 Å². The minimum atomic E-state index is -1.89. The Hall–Kier alpha value is -1.30. The molecule has 0 spiro atoms. The lowest BCUT2D eigenvalue weighted by Crippen LogP contribution is -2.36. The van der Waals surface area contributed by atoms with E-state index in [1.54, 1.807) is 0 Å². The fourth-order valence-corrected chi connectivity index (χ4v) is 0.529. The molecule has 0 saturated carbocycles. The topological polar surface area (TPSA) is 196 Å². The number of rotatable bonds is 6. The fraction of sp³-hybridized carbons (Fsp3) is 0.750. The predicted molar refractivity (Wildman–Crippen MR) is 53.5 cm³/mol. The maximum Gasteiger partial charge on any atom is 0.335 e. The van der Waals surface area contributed by atoms with Gasteiger partial charge in [0.25, 0.3) is 0 Å². The van der Waals surface area contributed by atoms with E-state index in [2.05, 4.69) is 0 Å². The van der Waals surface area contributed by atoms with Crippen molar-refractivity contribution in [2.45, 2.75) is 24.4 Å². The minimum absolute atomic E-state index is 0.756. The van der Waals surface area contributed by atoms with Gasteiger partial charge in [0.1, 0.15) is 12.2 Å². The summed E-state index contributed by atoms with van der Waals surface area (Å²) in [4.78, 5) is 19.6. The molecular formula is C8H16O10. The molecule has 10 nitrogen and oxygen atoms in total. The van der Waals surface area contributed by atoms with Gasteiger partial charge in [0.15, 0.2) is 12.2 Å². The smallest absolute Gasteiger partial charge is 0.335 e. The summed E-state index contributed by atoms with van der Waals surface area (Å²) in [6, 6.07) is 0. The highest BCUT2D eigenvalue weighted by Crippen LogP contribution is 1.91. The third-order valence-corrected chi connectivity index (χ3v) is 1.61. The van der Waals surface area contributed by atoms with Crippen LogP contribution in [0.25, 0.3) is 0 Å². The molecule has 0 aliphatic carbocycles. The molecule has 0 bridgehead atoms. The average Bonchev–Trinajstić information content (AvgIpc) is 2.35. The zero-order valence-electron chi connectivity index (χ0n) is 9.12. The molecule has 4 atom stereocenters. The Morgan fingerprint density at radius 3 is 1.00 bits per heavy atom. The highest BCUT2D eigenvalue weighted by Gasteiger charge is 2.22. The van der Waals surface area contributed by atoms with Crippen LogP contribution in [0.1, 0.15) is 0 Å². The average molecular weight is 272 g/mol. The molecule has 108 valence electrons. The number of carboxylic acids is 2. The van der Waals surface area contributed by atoms with Crippen molar-refractivity contribution in [1.82, 2.24) is 0 Å². The normalized spacial score (nSPS) is 16.8. The van der Waals surface area contributed by atoms with Crippen LogP contribution in [0.15, 0.2) is 0 Å². The second kappa shape index (κ2) is 9.70. The summed E-state index contributed by atoms with van der Waals surface area (Å²) in [6.45, 7) is -1.51. The Balaban J connectivity index is 0. The zero-order chi connectivity index (χ0) is 14.9. The van der Waals surface area contributed by atoms with Gasteiger partial charge in [-0.2, -0.15) is 0 Å². The molecule has 10 heteroatoms. The van der Waals surface area contributed by atoms with Crippen LogP contribution in [0, 0.1) is 0 Å². The van der Waals surface area contributed by atoms with Crippen molar-refractivity contribution in [1.29, 1.82) is 0 Å². The van der Waals surface area contributed by atoms with Crippen molar-refractivity contribution in [3.63, 3.8) is 0 Å². The number of aliphatic carboxylic acids is 2. The Labute approximate surface area is 101 Å². The Morgan fingerprint density at radius 1 is 0.722 bits per heavy atom. The van der Waals surface area contributed by atoms with E-state index in [0.717, 1.165) is 0 Å². The third kappa shape index (κ3) is 7.89. The Kier molecular flexibility index (Phi) is 10.3. The van der Waals surface area contributed by atoms with Gasteiger partial charge in [0.05, 0.1) is 13.2 Å². The first-order chi connectivity index (χ1) is 8.18. The van der Waals surface area contributed by atoms with Gasteiger partial charge in [-0.05, 0) is 0 Å². The van der Waals surface area contributed by atoms with Gasteiger partial charge in [-0.25, -0.2) is 9.59 Å². The summed E-state index contributed by atoms with van der Waals surface area (Å²) in [5.74, 6) is -3.09. The van der Waals surface area contributed by atoms with Crippen molar-refractivity contribution >= 4 is 11.9 Å². The summed E-state index contributed by atoms with van der Waals surface area (Å²) in [5.41, 5.74) is 0. The molecule has 0 aromatic rings. The molecule has 8 N–H and O–H groups in total. The molecular weight excluding hydrogens is 256 g/mol. The largest absolute Gasteiger partial charge is 0.479 e. The zero-order valence-corrected chi connectivity index (χ0v) is 9.12. The van der Waals surface area contributed by atoms with Crippen LogP contribution in [0.2, 0.25) is 0 Å². The van der Waals surface area contributed by atoms with Gasteiger partial charge in [-0.3, -0.25) is 0 Å². The van der Waals surface area contributed by atoms with Crippen LogP contribution in [0.3, 0.4) is 0 Å². The molecule has 0 rings (SSSR count). The van der Waals surface area contributed by atoms with Crippen molar-refractivity contribution in [2.75, 3.05) is 13.2 Å². The van der Waals surface area contributed by atoms with Crippen LogP contribution in [-0.4, -0.2) is 90.4 Å². The standard InChI is InChI=1S/2C4H8O5/c2*5-1-2(6)3(7)4(8)9/h2*2-3,5-7H,1H2,(H,8,9)/t2*2-,3+/m00/s1. The van der Waals surface area contributed by atoms with Gasteiger partial charge in [-0.1, -0.05) is 0 Å². The summed E-state index contributed by atoms with van der Waals surface area (Å²) in [7, 11) is 0. The Morgan fingerprint density at radius 2 is 0.944 bits per heavy atom. The summed E-state index contributed by atoms with van der Waals surface area (Å²) in [5, 5.41) is 65.7. The maximum absolute atomic E-state index is 9.78. The van der Waals surface area contributed by atoms with Crippen LogP contribution < -0.4 is 0 Å². The quantitative estimate of drug-likeness (QED) is 0.233. The molecule has 0 aliphatic heterocycles. The van der Waals surface area contributed by atoms with E-state index >= 15 is 0 Å². The highest BCUT2D eigenvalue weighted by molar-refractivity contribution is 5.72. The number of hydrogen-bond acceptors (Lipinski definition) is 8. The molecule has 0 aromatic carbocycles. The van der Waals surface area contributed by atoms with Crippen molar-refractivity contribution in [3.8, 4) is 0 Å². The van der Waals surface area contributed by atoms with E-state index < -0.39 is 49.6 Å². The minimum Gasteiger partial charge on any atom is -0.479 e. The monoisotopic (exact) mass is 272 g/mol. The van der Waals surface area contributed by atoms with Crippen molar-refractivity contribution in [2.24, 2.45) is 0 Å². The lowest BCUT2D eigenvalue weighted by Gasteiger charge is -2.09. The lowest BCUT2D eigenvalue weighted by molar-refractivity contribution is -0.155. The molecule has 0 amide bonds. The Bertz CT molecular complexity index is 228. The van der Waals surface area contributed by atoms with Gasteiger partial charge in [0.2, 0.25) is 0 Å². The molecule has 0 heterocycles. The first kappa shape index (κ1) is 19.0. The van der Waals surface area contributed by atoms with E-state index in [4.69, 9.17) is 40.9 Å². The van der Waals surface area contributed by atoms with Gasteiger partial charge < -0.3 is 40.9 Å². The van der Waals surface area contributed by atoms with Crippen LogP contribution in [-0.2, 0) is 9.59 Å². The van der Waals surface area contributed by atoms with E-state index in [9.17, 15) is 9.59 Å². The summed E-state index contributed by atoms with van der Waals surface area (Å²) in [6.07, 6.45) is -6.98. The first-order valence-electron chi connectivity index (χ1n) is 4.58. The number of carbonyl (C=O) groups is 2. The van der Waals surface area contributed by atoms with Gasteiger partial charge in [0, 0.05) is 0 Å². The predicted octanol–water partition coefficient (Wildman–Crippen LogP) is -4.43. The second-order valence-corrected chi connectivity index (χ2v) is 3.07. The third-order valence-electron chi connectivity index (χ3n) is 1.61. The number of hydrogen-bond donors (Lipinski definition) is 8. The van der Waals surface area contributed by atoms with Gasteiger partial charge in [-0.15, -0.1) is 0 Å². The van der Waals surface area contributed by atoms with E-state index in [1.165, 1.54) is 0 Å². The second-order valence-electron chi connectivity index (χ2n) is 3.07. The summed E-state index contributed by atoms with van der Waals surface area (Å²) >= 11 is 0. The van der Waals surface area contributed by atoms with Crippen LogP contribution in [0.5, 0.6) is 0 Å². The highest BCUT2D eigenvalue weighted by atomic mass is 16.4. The number of carboxylic acid groups (broad SMARTS) is 2. The molecule has 0 aromatic heterocycles. The molecule has 0 radical (unpaired) electrons. The van der Waals surface area contributed by atoms with Crippen LogP contribution in [0.4, 0.5) is 0 Å². The van der Waals surface area contributed by atoms with Crippen LogP contribution >= 0.6 is 0 Å². The number of aliphatic hydroxyl groups excluding tert-OH is 6. The lowest BCUT2D eigenvalue weighted by atomic mass is 10.2. The molecule has 0 fully saturated rings. The maximum atomic E-state index is 9.78. The molecule has 0 saturated heterocycles. The number of aliphatic hydroxyl groups is 6. The van der Waals surface area contributed by atoms with Crippen molar-refractivity contribution in [3.05, 3.63) is 0 Å². The van der Waals surface area contributed by atoms with E-state index in [-0.39, 0.29) is 0 Å². The SMILES string of the molecule is O=C(O)[C@H](O)[C@@H](O)CO.O=C(O)[C@H](O)[C@@H](O)CO. The van der Waals surface area contributed by atoms with Gasteiger partial charge >= 0.3 is 11.9 Å². The summed E-state index contributed by atoms with van der Waals surface area (Å²) < 4.78 is 0. The molecule has 0 unspecified atom stereocenters.